The SMILES string of the molecule is CC(CNC(=O)C1(NC(=O)CC(C)CCc2ccc(Cl)cc2)CCc2[nH]c3c(Cl)cc(Cl)cc3c2C1)CC(N)=O. The van der Waals surface area contributed by atoms with Crippen molar-refractivity contribution in [2.45, 2.75) is 64.3 Å². The first-order valence-corrected chi connectivity index (χ1v) is 14.7. The molecule has 1 aromatic heterocycles. The zero-order valence-corrected chi connectivity index (χ0v) is 25.0. The van der Waals surface area contributed by atoms with Gasteiger partial charge in [0.15, 0.2) is 0 Å². The number of amides is 3. The number of carbonyl (C=O) groups excluding carboxylic acids is 3. The number of primary amides is 1. The number of fused-ring (bicyclic) bond motifs is 3. The highest BCUT2D eigenvalue weighted by Gasteiger charge is 2.44. The van der Waals surface area contributed by atoms with Crippen LogP contribution in [0, 0.1) is 11.8 Å². The number of hydrogen-bond donors (Lipinski definition) is 4. The van der Waals surface area contributed by atoms with Gasteiger partial charge in [0, 0.05) is 46.9 Å². The normalized spacial score (nSPS) is 18.1. The second-order valence-electron chi connectivity index (χ2n) is 11.2. The molecule has 3 unspecified atom stereocenters. The number of rotatable bonds is 11. The van der Waals surface area contributed by atoms with Crippen molar-refractivity contribution in [2.75, 3.05) is 6.54 Å². The first-order valence-electron chi connectivity index (χ1n) is 13.6. The Labute approximate surface area is 249 Å². The summed E-state index contributed by atoms with van der Waals surface area (Å²) in [5.41, 5.74) is 8.00. The van der Waals surface area contributed by atoms with E-state index < -0.39 is 11.4 Å². The average molecular weight is 606 g/mol. The van der Waals surface area contributed by atoms with E-state index in [9.17, 15) is 14.4 Å². The highest BCUT2D eigenvalue weighted by Crippen LogP contribution is 2.38. The first kappa shape index (κ1) is 30.2. The summed E-state index contributed by atoms with van der Waals surface area (Å²) in [7, 11) is 0. The molecule has 0 saturated heterocycles. The molecule has 4 rings (SSSR count). The second kappa shape index (κ2) is 12.8. The molecule has 3 aromatic rings. The lowest BCUT2D eigenvalue weighted by Gasteiger charge is -2.37. The highest BCUT2D eigenvalue weighted by molar-refractivity contribution is 6.38. The second-order valence-corrected chi connectivity index (χ2v) is 12.4. The summed E-state index contributed by atoms with van der Waals surface area (Å²) in [5.74, 6) is -0.905. The van der Waals surface area contributed by atoms with Crippen molar-refractivity contribution in [2.24, 2.45) is 17.6 Å². The molecule has 0 radical (unpaired) electrons. The molecule has 10 heteroatoms. The molecule has 3 amide bonds. The zero-order valence-electron chi connectivity index (χ0n) is 22.7. The van der Waals surface area contributed by atoms with Crippen molar-refractivity contribution in [3.05, 3.63) is 68.3 Å². The summed E-state index contributed by atoms with van der Waals surface area (Å²) in [6, 6.07) is 11.2. The third kappa shape index (κ3) is 7.31. The van der Waals surface area contributed by atoms with E-state index in [2.05, 4.69) is 15.6 Å². The molecule has 0 bridgehead atoms. The number of aromatic nitrogens is 1. The molecule has 1 aliphatic carbocycles. The molecular weight excluding hydrogens is 571 g/mol. The Balaban J connectivity index is 1.52. The van der Waals surface area contributed by atoms with E-state index in [-0.39, 0.29) is 36.6 Å². The van der Waals surface area contributed by atoms with Crippen LogP contribution in [0.3, 0.4) is 0 Å². The number of hydrogen-bond acceptors (Lipinski definition) is 3. The third-order valence-corrected chi connectivity index (χ3v) is 8.42. The Morgan fingerprint density at radius 3 is 2.45 bits per heavy atom. The fourth-order valence-corrected chi connectivity index (χ4v) is 6.15. The summed E-state index contributed by atoms with van der Waals surface area (Å²) in [4.78, 5) is 41.9. The number of benzene rings is 2. The van der Waals surface area contributed by atoms with Crippen LogP contribution in [0.5, 0.6) is 0 Å². The number of carbonyl (C=O) groups is 3. The van der Waals surface area contributed by atoms with Gasteiger partial charge in [-0.2, -0.15) is 0 Å². The van der Waals surface area contributed by atoms with Crippen LogP contribution in [-0.2, 0) is 33.6 Å². The van der Waals surface area contributed by atoms with E-state index in [0.29, 0.717) is 40.8 Å². The van der Waals surface area contributed by atoms with E-state index in [1.165, 1.54) is 0 Å². The lowest BCUT2D eigenvalue weighted by molar-refractivity contribution is -0.134. The maximum absolute atomic E-state index is 13.8. The predicted molar refractivity (Wildman–Crippen MR) is 161 cm³/mol. The van der Waals surface area contributed by atoms with Gasteiger partial charge in [-0.3, -0.25) is 14.4 Å². The van der Waals surface area contributed by atoms with E-state index in [0.717, 1.165) is 40.6 Å². The number of aryl methyl sites for hydroxylation is 2. The summed E-state index contributed by atoms with van der Waals surface area (Å²) in [5, 5.41) is 8.63. The molecule has 0 aliphatic heterocycles. The Bertz CT molecular complexity index is 1410. The van der Waals surface area contributed by atoms with Gasteiger partial charge in [-0.15, -0.1) is 0 Å². The fraction of sp³-hybridized carbons (Fsp3) is 0.433. The molecule has 0 fully saturated rings. The molecule has 214 valence electrons. The van der Waals surface area contributed by atoms with Gasteiger partial charge in [0.05, 0.1) is 10.5 Å². The van der Waals surface area contributed by atoms with Crippen molar-refractivity contribution >= 4 is 63.4 Å². The summed E-state index contributed by atoms with van der Waals surface area (Å²) < 4.78 is 0. The Morgan fingerprint density at radius 1 is 1.02 bits per heavy atom. The monoisotopic (exact) mass is 604 g/mol. The number of halogens is 3. The standard InChI is InChI=1S/C30H35Cl3N4O3/c1-17(3-4-19-5-7-20(31)8-6-19)12-27(39)37-30(29(40)35-16-18(2)11-26(34)38)10-9-25-23(15-30)22-13-21(32)14-24(33)28(22)36-25/h5-8,13-14,17-18,36H,3-4,9-12,15-16H2,1-2H3,(H2,34,38)(H,35,40)(H,37,39). The van der Waals surface area contributed by atoms with Crippen LogP contribution in [0.15, 0.2) is 36.4 Å². The highest BCUT2D eigenvalue weighted by atomic mass is 35.5. The van der Waals surface area contributed by atoms with Gasteiger partial charge in [-0.1, -0.05) is 60.8 Å². The van der Waals surface area contributed by atoms with Crippen LogP contribution >= 0.6 is 34.8 Å². The Kier molecular flexibility index (Phi) is 9.70. The number of H-pyrrole nitrogens is 1. The van der Waals surface area contributed by atoms with Crippen molar-refractivity contribution in [3.8, 4) is 0 Å². The molecule has 40 heavy (non-hydrogen) atoms. The Morgan fingerprint density at radius 2 is 1.75 bits per heavy atom. The molecule has 2 aromatic carbocycles. The van der Waals surface area contributed by atoms with Gasteiger partial charge >= 0.3 is 0 Å². The smallest absolute Gasteiger partial charge is 0.246 e. The van der Waals surface area contributed by atoms with Crippen LogP contribution in [-0.4, -0.2) is 34.8 Å². The van der Waals surface area contributed by atoms with Crippen molar-refractivity contribution < 1.29 is 14.4 Å². The third-order valence-electron chi connectivity index (χ3n) is 7.65. The largest absolute Gasteiger partial charge is 0.370 e. The number of nitrogens with two attached hydrogens (primary N) is 1. The number of nitrogens with one attached hydrogen (secondary N) is 3. The lowest BCUT2D eigenvalue weighted by atomic mass is 9.78. The summed E-state index contributed by atoms with van der Waals surface area (Å²) in [6.07, 6.45) is 3.36. The van der Waals surface area contributed by atoms with Crippen molar-refractivity contribution in [1.29, 1.82) is 0 Å². The van der Waals surface area contributed by atoms with Crippen LogP contribution in [0.4, 0.5) is 0 Å². The lowest BCUT2D eigenvalue weighted by Crippen LogP contribution is -2.62. The van der Waals surface area contributed by atoms with Gasteiger partial charge in [0.2, 0.25) is 17.7 Å². The van der Waals surface area contributed by atoms with Crippen LogP contribution < -0.4 is 16.4 Å². The topological polar surface area (TPSA) is 117 Å². The van der Waals surface area contributed by atoms with E-state index >= 15 is 0 Å². The maximum Gasteiger partial charge on any atom is 0.246 e. The minimum absolute atomic E-state index is 0.108. The van der Waals surface area contributed by atoms with Gasteiger partial charge in [-0.05, 0) is 72.9 Å². The van der Waals surface area contributed by atoms with Crippen molar-refractivity contribution in [3.63, 3.8) is 0 Å². The maximum atomic E-state index is 13.8. The van der Waals surface area contributed by atoms with E-state index in [4.69, 9.17) is 40.5 Å². The molecule has 1 aliphatic rings. The predicted octanol–water partition coefficient (Wildman–Crippen LogP) is 5.76. The van der Waals surface area contributed by atoms with Gasteiger partial charge < -0.3 is 21.4 Å². The number of aromatic amines is 1. The fourth-order valence-electron chi connectivity index (χ4n) is 5.48. The minimum Gasteiger partial charge on any atom is -0.370 e. The quantitative estimate of drug-likeness (QED) is 0.223. The molecular formula is C30H35Cl3N4O3. The molecule has 0 spiro atoms. The zero-order chi connectivity index (χ0) is 29.0. The van der Waals surface area contributed by atoms with E-state index in [1.807, 2.05) is 44.2 Å². The van der Waals surface area contributed by atoms with E-state index in [1.54, 1.807) is 6.07 Å². The summed E-state index contributed by atoms with van der Waals surface area (Å²) >= 11 is 18.8. The molecule has 5 N–H and O–H groups in total. The van der Waals surface area contributed by atoms with Crippen LogP contribution in [0.1, 0.15) is 56.4 Å². The van der Waals surface area contributed by atoms with Gasteiger partial charge in [0.25, 0.3) is 0 Å². The molecule has 0 saturated carbocycles. The Hall–Kier alpha value is -2.74. The minimum atomic E-state index is -1.16. The molecule has 3 atom stereocenters. The van der Waals surface area contributed by atoms with Crippen LogP contribution in [0.2, 0.25) is 15.1 Å². The first-order chi connectivity index (χ1) is 19.0. The van der Waals surface area contributed by atoms with Gasteiger partial charge in [0.1, 0.15) is 5.54 Å². The average Bonchev–Trinajstić information content (AvgIpc) is 3.24. The van der Waals surface area contributed by atoms with Gasteiger partial charge in [-0.25, -0.2) is 0 Å². The molecule has 1 heterocycles. The van der Waals surface area contributed by atoms with Crippen molar-refractivity contribution in [1.82, 2.24) is 15.6 Å². The van der Waals surface area contributed by atoms with Crippen LogP contribution in [0.25, 0.3) is 10.9 Å². The summed E-state index contributed by atoms with van der Waals surface area (Å²) in [6.45, 7) is 4.16. The molecule has 7 nitrogen and oxygen atoms in total.